The Balaban J connectivity index is 1.49. The maximum absolute atomic E-state index is 13.3. The molecule has 0 N–H and O–H groups in total. The Kier molecular flexibility index (Phi) is 6.51. The number of hydrogen-bond donors (Lipinski definition) is 0. The van der Waals surface area contributed by atoms with E-state index in [4.69, 9.17) is 4.74 Å². The molecule has 1 aliphatic rings. The zero-order valence-corrected chi connectivity index (χ0v) is 20.0. The molecule has 1 aliphatic heterocycles. The molecule has 3 aromatic rings. The predicted octanol–water partition coefficient (Wildman–Crippen LogP) is 4.32. The molecule has 2 heterocycles. The summed E-state index contributed by atoms with van der Waals surface area (Å²) in [6.07, 6.45) is 0.639. The molecule has 0 saturated heterocycles. The number of sulfonamides is 1. The molecule has 0 saturated carbocycles. The summed E-state index contributed by atoms with van der Waals surface area (Å²) < 4.78 is 35.9. The summed E-state index contributed by atoms with van der Waals surface area (Å²) in [5.74, 6) is 0.363. The molecule has 0 radical (unpaired) electrons. The van der Waals surface area contributed by atoms with Gasteiger partial charge < -0.3 is 4.74 Å². The predicted molar refractivity (Wildman–Crippen MR) is 125 cm³/mol. The van der Waals surface area contributed by atoms with Crippen molar-refractivity contribution in [3.63, 3.8) is 0 Å². The third-order valence-corrected chi connectivity index (χ3v) is 7.96. The van der Waals surface area contributed by atoms with Gasteiger partial charge in [0.2, 0.25) is 10.0 Å². The Labute approximate surface area is 190 Å². The van der Waals surface area contributed by atoms with Gasteiger partial charge in [-0.15, -0.1) is 0 Å². The van der Waals surface area contributed by atoms with Crippen molar-refractivity contribution in [1.82, 2.24) is 14.1 Å². The topological polar surface area (TPSA) is 64.4 Å². The van der Waals surface area contributed by atoms with Crippen LogP contribution >= 0.6 is 0 Å². The highest BCUT2D eigenvalue weighted by atomic mass is 32.2. The number of fused-ring (bicyclic) bond motifs is 1. The first-order valence-corrected chi connectivity index (χ1v) is 12.5. The monoisotopic (exact) mass is 453 g/mol. The first kappa shape index (κ1) is 22.7. The zero-order valence-electron chi connectivity index (χ0n) is 19.2. The van der Waals surface area contributed by atoms with Crippen molar-refractivity contribution in [1.29, 1.82) is 0 Å². The summed E-state index contributed by atoms with van der Waals surface area (Å²) in [5.41, 5.74) is 6.31. The van der Waals surface area contributed by atoms with Crippen molar-refractivity contribution in [2.24, 2.45) is 7.05 Å². The minimum atomic E-state index is -3.57. The Morgan fingerprint density at radius 3 is 2.38 bits per heavy atom. The van der Waals surface area contributed by atoms with Gasteiger partial charge in [-0.3, -0.25) is 4.68 Å². The second-order valence-corrected chi connectivity index (χ2v) is 10.7. The van der Waals surface area contributed by atoms with Gasteiger partial charge in [-0.25, -0.2) is 8.42 Å². The van der Waals surface area contributed by atoms with Crippen molar-refractivity contribution in [2.75, 3.05) is 6.54 Å². The minimum absolute atomic E-state index is 0.320. The Hall–Kier alpha value is -2.48. The van der Waals surface area contributed by atoms with Crippen molar-refractivity contribution in [3.8, 4) is 0 Å². The SMILES string of the molecule is Cc1ccc(COCc2nn(C)c3c2CN(S(=O)(=O)c2ccc(C(C)C)cc2)CC3)cc1. The van der Waals surface area contributed by atoms with Crippen LogP contribution in [0.1, 0.15) is 53.4 Å². The van der Waals surface area contributed by atoms with Gasteiger partial charge in [0.05, 0.1) is 23.8 Å². The minimum Gasteiger partial charge on any atom is -0.370 e. The van der Waals surface area contributed by atoms with Gasteiger partial charge in [-0.2, -0.15) is 9.40 Å². The summed E-state index contributed by atoms with van der Waals surface area (Å²) in [6.45, 7) is 7.87. The highest BCUT2D eigenvalue weighted by Crippen LogP contribution is 2.28. The van der Waals surface area contributed by atoms with Crippen LogP contribution in [0.15, 0.2) is 53.4 Å². The summed E-state index contributed by atoms with van der Waals surface area (Å²) in [4.78, 5) is 0.339. The Morgan fingerprint density at radius 1 is 1.03 bits per heavy atom. The highest BCUT2D eigenvalue weighted by molar-refractivity contribution is 7.89. The van der Waals surface area contributed by atoms with Crippen LogP contribution in [0.4, 0.5) is 0 Å². The van der Waals surface area contributed by atoms with E-state index in [1.807, 2.05) is 23.9 Å². The quantitative estimate of drug-likeness (QED) is 0.535. The molecule has 0 aliphatic carbocycles. The van der Waals surface area contributed by atoms with E-state index in [1.165, 1.54) is 5.56 Å². The number of nitrogens with zero attached hydrogens (tertiary/aromatic N) is 3. The van der Waals surface area contributed by atoms with Gasteiger partial charge in [0.1, 0.15) is 0 Å². The number of aryl methyl sites for hydroxylation is 2. The molecule has 0 spiro atoms. The maximum Gasteiger partial charge on any atom is 0.243 e. The highest BCUT2D eigenvalue weighted by Gasteiger charge is 2.32. The second-order valence-electron chi connectivity index (χ2n) is 8.79. The number of ether oxygens (including phenoxy) is 1. The molecule has 170 valence electrons. The van der Waals surface area contributed by atoms with Crippen LogP contribution in [-0.2, 0) is 48.0 Å². The molecular weight excluding hydrogens is 422 g/mol. The van der Waals surface area contributed by atoms with Gasteiger partial charge in [-0.05, 0) is 36.1 Å². The van der Waals surface area contributed by atoms with Gasteiger partial charge in [0.25, 0.3) is 0 Å². The lowest BCUT2D eigenvalue weighted by atomic mass is 10.0. The maximum atomic E-state index is 13.3. The molecule has 0 atom stereocenters. The fourth-order valence-electron chi connectivity index (χ4n) is 4.09. The molecule has 32 heavy (non-hydrogen) atoms. The van der Waals surface area contributed by atoms with E-state index < -0.39 is 10.0 Å². The number of rotatable bonds is 7. The van der Waals surface area contributed by atoms with Crippen molar-refractivity contribution < 1.29 is 13.2 Å². The molecule has 0 unspecified atom stereocenters. The third kappa shape index (κ3) is 4.65. The third-order valence-electron chi connectivity index (χ3n) is 6.10. The van der Waals surface area contributed by atoms with E-state index in [0.29, 0.717) is 43.5 Å². The summed E-state index contributed by atoms with van der Waals surface area (Å²) in [5, 5.41) is 4.63. The first-order valence-electron chi connectivity index (χ1n) is 11.0. The lowest BCUT2D eigenvalue weighted by Crippen LogP contribution is -2.36. The largest absolute Gasteiger partial charge is 0.370 e. The molecule has 1 aromatic heterocycles. The molecule has 0 bridgehead atoms. The molecule has 6 nitrogen and oxygen atoms in total. The second kappa shape index (κ2) is 9.17. The Morgan fingerprint density at radius 2 is 1.72 bits per heavy atom. The molecular formula is C25H31N3O3S. The van der Waals surface area contributed by atoms with Crippen molar-refractivity contribution >= 4 is 10.0 Å². The Bertz CT molecular complexity index is 1180. The van der Waals surface area contributed by atoms with Crippen LogP contribution in [0.5, 0.6) is 0 Å². The molecule has 7 heteroatoms. The number of hydrogen-bond acceptors (Lipinski definition) is 4. The average molecular weight is 454 g/mol. The van der Waals surface area contributed by atoms with E-state index in [-0.39, 0.29) is 0 Å². The van der Waals surface area contributed by atoms with E-state index in [0.717, 1.165) is 28.1 Å². The van der Waals surface area contributed by atoms with Crippen LogP contribution in [0.2, 0.25) is 0 Å². The standard InChI is InChI=1S/C25H31N3O3S/c1-18(2)21-9-11-22(12-10-21)32(29,30)28-14-13-25-23(15-28)24(26-27(25)4)17-31-16-20-7-5-19(3)6-8-20/h5-12,18H,13-17H2,1-4H3. The van der Waals surface area contributed by atoms with Gasteiger partial charge in [0.15, 0.2) is 0 Å². The van der Waals surface area contributed by atoms with Crippen molar-refractivity contribution in [2.45, 2.75) is 57.8 Å². The summed E-state index contributed by atoms with van der Waals surface area (Å²) >= 11 is 0. The van der Waals surface area contributed by atoms with Crippen LogP contribution in [0.3, 0.4) is 0 Å². The first-order chi connectivity index (χ1) is 15.3. The summed E-state index contributed by atoms with van der Waals surface area (Å²) in [6, 6.07) is 15.5. The number of aromatic nitrogens is 2. The van der Waals surface area contributed by atoms with E-state index >= 15 is 0 Å². The summed E-state index contributed by atoms with van der Waals surface area (Å²) in [7, 11) is -1.65. The van der Waals surface area contributed by atoms with Crippen LogP contribution in [0.25, 0.3) is 0 Å². The normalized spacial score (nSPS) is 14.7. The number of benzene rings is 2. The van der Waals surface area contributed by atoms with Crippen LogP contribution in [-0.4, -0.2) is 29.0 Å². The zero-order chi connectivity index (χ0) is 22.9. The van der Waals surface area contributed by atoms with Crippen LogP contribution < -0.4 is 0 Å². The van der Waals surface area contributed by atoms with E-state index in [1.54, 1.807) is 16.4 Å². The van der Waals surface area contributed by atoms with Crippen molar-refractivity contribution in [3.05, 3.63) is 82.2 Å². The lowest BCUT2D eigenvalue weighted by molar-refractivity contribution is 0.103. The smallest absolute Gasteiger partial charge is 0.243 e. The van der Waals surface area contributed by atoms with E-state index in [2.05, 4.69) is 50.1 Å². The fourth-order valence-corrected chi connectivity index (χ4v) is 5.50. The molecule has 0 fully saturated rings. The average Bonchev–Trinajstić information content (AvgIpc) is 3.10. The molecule has 4 rings (SSSR count). The lowest BCUT2D eigenvalue weighted by Gasteiger charge is -2.27. The van der Waals surface area contributed by atoms with E-state index in [9.17, 15) is 8.42 Å². The molecule has 0 amide bonds. The van der Waals surface area contributed by atoms with Gasteiger partial charge in [0, 0.05) is 37.8 Å². The van der Waals surface area contributed by atoms with Crippen LogP contribution in [0, 0.1) is 6.92 Å². The molecule has 2 aromatic carbocycles. The fraction of sp³-hybridized carbons (Fsp3) is 0.400. The van der Waals surface area contributed by atoms with Gasteiger partial charge in [-0.1, -0.05) is 55.8 Å². The van der Waals surface area contributed by atoms with Gasteiger partial charge >= 0.3 is 0 Å².